The third-order valence-electron chi connectivity index (χ3n) is 14.9. The summed E-state index contributed by atoms with van der Waals surface area (Å²) < 4.78 is 20.2. The van der Waals surface area contributed by atoms with Gasteiger partial charge in [-0.3, -0.25) is 4.39 Å². The Hall–Kier alpha value is -7.89. The topological polar surface area (TPSA) is 43.4 Å². The molecule has 16 rings (SSSR count). The van der Waals surface area contributed by atoms with Crippen LogP contribution in [0.3, 0.4) is 0 Å². The first-order valence-corrected chi connectivity index (χ1v) is 26.3. The van der Waals surface area contributed by atoms with Crippen molar-refractivity contribution in [3.05, 3.63) is 269 Å². The first-order chi connectivity index (χ1) is 36.7. The number of para-hydroxylation sites is 2. The van der Waals surface area contributed by atoms with Gasteiger partial charge in [-0.25, -0.2) is 0 Å². The van der Waals surface area contributed by atoms with Crippen LogP contribution in [-0.2, 0) is 45.8 Å². The number of nitrogens with zero attached hydrogens (tertiary/aromatic N) is 3. The molecule has 9 aromatic carbocycles. The third kappa shape index (κ3) is 9.92. The van der Waals surface area contributed by atoms with Crippen LogP contribution in [-0.4, -0.2) is 4.98 Å². The summed E-state index contributed by atoms with van der Waals surface area (Å²) in [7, 11) is 0. The zero-order valence-electron chi connectivity index (χ0n) is 43.2. The Morgan fingerprint density at radius 2 is 1.24 bits per heavy atom. The molecule has 0 saturated heterocycles. The summed E-state index contributed by atoms with van der Waals surface area (Å²) in [6.45, 7) is 9.18. The van der Waals surface area contributed by atoms with Crippen molar-refractivity contribution in [3.63, 3.8) is 0 Å². The van der Waals surface area contributed by atoms with Crippen molar-refractivity contribution in [1.29, 1.82) is 0 Å². The van der Waals surface area contributed by atoms with Gasteiger partial charge < -0.3 is 19.6 Å². The summed E-state index contributed by atoms with van der Waals surface area (Å²) in [5, 5.41) is 7.57. The summed E-state index contributed by atoms with van der Waals surface area (Å²) in [4.78, 5) is 7.08. The van der Waals surface area contributed by atoms with Gasteiger partial charge in [-0.05, 0) is 146 Å². The normalized spacial score (nSPS) is 13.7. The number of rotatable bonds is 8. The molecule has 4 aliphatic carbocycles. The van der Waals surface area contributed by atoms with Crippen LogP contribution >= 0.6 is 0 Å². The molecule has 6 heteroatoms. The van der Waals surface area contributed by atoms with Gasteiger partial charge >= 0.3 is 20.1 Å². The number of benzene rings is 9. The zero-order valence-corrected chi connectivity index (χ0v) is 45.5. The molecule has 11 aromatic rings. The molecule has 1 atom stereocenters. The van der Waals surface area contributed by atoms with Crippen molar-refractivity contribution in [2.75, 3.05) is 4.90 Å². The molecule has 0 spiro atoms. The molecule has 1 aliphatic heterocycles. The zero-order chi connectivity index (χ0) is 51.0. The van der Waals surface area contributed by atoms with E-state index in [4.69, 9.17) is 9.73 Å². The molecule has 0 fully saturated rings. The Balaban J connectivity index is 0.000000177. The van der Waals surface area contributed by atoms with E-state index in [0.29, 0.717) is 11.8 Å². The number of pyridine rings is 1. The van der Waals surface area contributed by atoms with E-state index in [-0.39, 0.29) is 32.1 Å². The number of hydrogen-bond acceptors (Lipinski definition) is 3. The van der Waals surface area contributed by atoms with Gasteiger partial charge in [0.25, 0.3) is 0 Å². The van der Waals surface area contributed by atoms with Gasteiger partial charge in [-0.1, -0.05) is 173 Å². The Kier molecular flexibility index (Phi) is 14.4. The van der Waals surface area contributed by atoms with Crippen molar-refractivity contribution in [2.45, 2.75) is 71.4 Å². The minimum atomic E-state index is -0.326. The minimum Gasteiger partial charge on any atom is -0.661 e. The minimum absolute atomic E-state index is 0. The second-order valence-corrected chi connectivity index (χ2v) is 20.5. The molecule has 4 nitrogen and oxygen atoms in total. The maximum Gasteiger partial charge on any atom is 3.00 e. The van der Waals surface area contributed by atoms with E-state index < -0.39 is 0 Å². The molecule has 0 amide bonds. The molecule has 0 N–H and O–H groups in total. The number of fused-ring (bicyclic) bond motifs is 4. The third-order valence-corrected chi connectivity index (χ3v) is 14.9. The van der Waals surface area contributed by atoms with Gasteiger partial charge in [0, 0.05) is 34.4 Å². The molecule has 1 unspecified atom stereocenters. The van der Waals surface area contributed by atoms with Gasteiger partial charge in [-0.2, -0.15) is 18.2 Å². The number of furan rings is 1. The van der Waals surface area contributed by atoms with Gasteiger partial charge in [0.2, 0.25) is 0 Å². The van der Waals surface area contributed by atoms with Crippen molar-refractivity contribution in [3.8, 4) is 44.6 Å². The second kappa shape index (κ2) is 21.8. The van der Waals surface area contributed by atoms with E-state index in [1.807, 2.05) is 18.2 Å². The maximum absolute atomic E-state index is 13.4. The molecule has 3 heterocycles. The van der Waals surface area contributed by atoms with E-state index in [1.54, 1.807) is 12.3 Å². The van der Waals surface area contributed by atoms with Gasteiger partial charge in [0.05, 0.1) is 0 Å². The number of anilines is 2. The van der Waals surface area contributed by atoms with Crippen molar-refractivity contribution in [1.82, 2.24) is 4.98 Å². The molecule has 0 radical (unpaired) electrons. The van der Waals surface area contributed by atoms with Crippen LogP contribution in [0.15, 0.2) is 211 Å². The van der Waals surface area contributed by atoms with Crippen LogP contribution in [0, 0.1) is 17.9 Å². The standard InChI is InChI=1S/C43H36N2O.C27H21FN.Ir/c1-27(2)36-24-32(30-16-9-6-10-17-30)25-37(28(3)4)41(36)45-39-21-12-11-20-38(39)44-43(45)35-19-13-18-34-33-23-22-31(26-40(33)46-42(34)35)29-14-7-5-8-15-29;28-24-15-13-23(14-16-24)27-25(2-1-17-29-27)26-18-21-8-7-19-3-5-20(6-4-19)9-11-22(26)12-10-21;/h5-18,20-28,43H,1-4H3;1-6,10,12-13,15-18H,7-9,11H2;/q-2;-1;+3. The van der Waals surface area contributed by atoms with Gasteiger partial charge in [0.15, 0.2) is 0 Å². The van der Waals surface area contributed by atoms with E-state index in [2.05, 4.69) is 214 Å². The first-order valence-electron chi connectivity index (χ1n) is 26.3. The van der Waals surface area contributed by atoms with Crippen LogP contribution < -0.4 is 4.90 Å². The van der Waals surface area contributed by atoms with Crippen molar-refractivity contribution < 1.29 is 28.9 Å². The summed E-state index contributed by atoms with van der Waals surface area (Å²) in [6.07, 6.45) is 5.48. The van der Waals surface area contributed by atoms with Crippen molar-refractivity contribution in [2.24, 2.45) is 0 Å². The fourth-order valence-corrected chi connectivity index (χ4v) is 11.0. The van der Waals surface area contributed by atoms with Crippen LogP contribution in [0.2, 0.25) is 0 Å². The summed E-state index contributed by atoms with van der Waals surface area (Å²) in [5.41, 5.74) is 22.7. The molecule has 76 heavy (non-hydrogen) atoms. The fourth-order valence-electron chi connectivity index (χ4n) is 11.0. The average molecular weight is 1170 g/mol. The van der Waals surface area contributed by atoms with Crippen LogP contribution in [0.4, 0.5) is 21.5 Å². The van der Waals surface area contributed by atoms with Gasteiger partial charge in [0.1, 0.15) is 5.58 Å². The Labute approximate surface area is 459 Å². The molecule has 374 valence electrons. The smallest absolute Gasteiger partial charge is 0.661 e. The molecule has 5 aliphatic rings. The largest absolute Gasteiger partial charge is 3.00 e. The van der Waals surface area contributed by atoms with Crippen LogP contribution in [0.1, 0.15) is 84.6 Å². The Morgan fingerprint density at radius 1 is 0.579 bits per heavy atom. The molecular weight excluding hydrogens is 1110 g/mol. The van der Waals surface area contributed by atoms with E-state index in [1.165, 1.54) is 73.5 Å². The summed E-state index contributed by atoms with van der Waals surface area (Å²) in [6, 6.07) is 76.3. The monoisotopic (exact) mass is 1170 g/mol. The number of aryl methyl sites for hydroxylation is 4. The van der Waals surface area contributed by atoms with Crippen LogP contribution in [0.25, 0.3) is 71.9 Å². The second-order valence-electron chi connectivity index (χ2n) is 20.5. The van der Waals surface area contributed by atoms with Crippen LogP contribution in [0.5, 0.6) is 0 Å². The fraction of sp³-hybridized carbons (Fsp3) is 0.157. The number of aromatic nitrogens is 1. The Bertz CT molecular complexity index is 3800. The van der Waals surface area contributed by atoms with Gasteiger partial charge in [-0.15, -0.1) is 41.1 Å². The Morgan fingerprint density at radius 3 is 1.93 bits per heavy atom. The molecule has 2 aromatic heterocycles. The number of hydrogen-bond donors (Lipinski definition) is 0. The number of halogens is 1. The maximum atomic E-state index is 13.4. The van der Waals surface area contributed by atoms with E-state index in [0.717, 1.165) is 86.9 Å². The molecule has 4 bridgehead atoms. The van der Waals surface area contributed by atoms with E-state index in [9.17, 15) is 4.39 Å². The van der Waals surface area contributed by atoms with Crippen molar-refractivity contribution >= 4 is 39.0 Å². The quantitative estimate of drug-likeness (QED) is 0.142. The predicted molar refractivity (Wildman–Crippen MR) is 308 cm³/mol. The van der Waals surface area contributed by atoms with E-state index >= 15 is 0 Å². The first kappa shape index (κ1) is 50.3. The predicted octanol–water partition coefficient (Wildman–Crippen LogP) is 19.1. The SMILES string of the molecule is CC(C)c1cc(-c2ccccc2)cc(C(C)C)c1N1c2ccccc2[N-]C1c1[c-]ccc2c1oc1cc(-c3ccccc3)ccc12.Fc1c[c-]c(-c2ncccc2-c2cc3ccc2CCc2ccc(cc2)CC3)cc1.[Ir+3]. The summed E-state index contributed by atoms with van der Waals surface area (Å²) in [5.74, 6) is 0.313. The molecular formula is C70H57FIrN3O. The molecule has 0 saturated carbocycles. The average Bonchev–Trinajstić information content (AvgIpc) is 4.09. The summed E-state index contributed by atoms with van der Waals surface area (Å²) >= 11 is 0.